The molecule has 0 spiro atoms. The molecule has 0 aromatic carbocycles. The van der Waals surface area contributed by atoms with E-state index in [1.807, 2.05) is 18.4 Å². The maximum absolute atomic E-state index is 12.2. The average molecular weight is 337 g/mol. The standard InChI is InChI=1S/C15H15NO4S2/c1-8-11(14(17)19-2)12(15(18)20-3)9-7-22-13(16(8)9)10-5-4-6-21-10/h4-6,13H,7H2,1-3H3/t13-/m0/s1. The van der Waals surface area contributed by atoms with Gasteiger partial charge in [0.2, 0.25) is 0 Å². The SMILES string of the molecule is COC(=O)c1c(C(=O)OC)c2n(c1C)[C@H](c1cccs1)SC2. The number of aromatic nitrogens is 1. The minimum atomic E-state index is -0.505. The van der Waals surface area contributed by atoms with Crippen LogP contribution in [0.15, 0.2) is 17.5 Å². The fourth-order valence-corrected chi connectivity index (χ4v) is 5.12. The van der Waals surface area contributed by atoms with E-state index in [2.05, 4.69) is 10.6 Å². The van der Waals surface area contributed by atoms with Crippen LogP contribution < -0.4 is 0 Å². The maximum atomic E-state index is 12.2. The van der Waals surface area contributed by atoms with Crippen molar-refractivity contribution < 1.29 is 19.1 Å². The number of thiophene rings is 1. The molecule has 0 aliphatic carbocycles. The molecule has 22 heavy (non-hydrogen) atoms. The lowest BCUT2D eigenvalue weighted by Crippen LogP contribution is -2.12. The first-order valence-electron chi connectivity index (χ1n) is 6.65. The summed E-state index contributed by atoms with van der Waals surface area (Å²) in [4.78, 5) is 25.5. The van der Waals surface area contributed by atoms with Gasteiger partial charge in [-0.15, -0.1) is 23.1 Å². The zero-order valence-corrected chi connectivity index (χ0v) is 14.0. The van der Waals surface area contributed by atoms with Gasteiger partial charge >= 0.3 is 11.9 Å². The van der Waals surface area contributed by atoms with E-state index in [0.717, 1.165) is 11.4 Å². The Hall–Kier alpha value is -1.73. The average Bonchev–Trinajstić information content (AvgIpc) is 3.22. The van der Waals surface area contributed by atoms with Gasteiger partial charge in [-0.3, -0.25) is 0 Å². The van der Waals surface area contributed by atoms with E-state index >= 15 is 0 Å². The third kappa shape index (κ3) is 2.16. The van der Waals surface area contributed by atoms with Gasteiger partial charge in [0.25, 0.3) is 0 Å². The second-order valence-electron chi connectivity index (χ2n) is 4.81. The third-order valence-corrected chi connectivity index (χ3v) is 6.03. The lowest BCUT2D eigenvalue weighted by molar-refractivity contribution is 0.0555. The smallest absolute Gasteiger partial charge is 0.340 e. The molecule has 116 valence electrons. The topological polar surface area (TPSA) is 57.5 Å². The predicted octanol–water partition coefficient (Wildman–Crippen LogP) is 3.22. The van der Waals surface area contributed by atoms with Crippen LogP contribution in [0.1, 0.15) is 42.4 Å². The van der Waals surface area contributed by atoms with Crippen molar-refractivity contribution in [1.82, 2.24) is 4.57 Å². The van der Waals surface area contributed by atoms with Crippen LogP contribution in [0.3, 0.4) is 0 Å². The molecule has 2 aromatic heterocycles. The molecular weight excluding hydrogens is 322 g/mol. The molecule has 5 nitrogen and oxygen atoms in total. The predicted molar refractivity (Wildman–Crippen MR) is 85.6 cm³/mol. The Morgan fingerprint density at radius 2 is 1.91 bits per heavy atom. The molecule has 3 rings (SSSR count). The molecule has 1 atom stereocenters. The molecule has 0 saturated carbocycles. The number of methoxy groups -OCH3 is 2. The number of carbonyl (C=O) groups excluding carboxylic acids is 2. The summed E-state index contributed by atoms with van der Waals surface area (Å²) in [6, 6.07) is 4.06. The zero-order valence-electron chi connectivity index (χ0n) is 12.4. The molecular formula is C15H15NO4S2. The normalized spacial score (nSPS) is 16.4. The second kappa shape index (κ2) is 5.81. The molecule has 0 unspecified atom stereocenters. The van der Waals surface area contributed by atoms with Crippen LogP contribution in [0.4, 0.5) is 0 Å². The summed E-state index contributed by atoms with van der Waals surface area (Å²) in [5.41, 5.74) is 2.21. The summed E-state index contributed by atoms with van der Waals surface area (Å²) in [7, 11) is 2.64. The molecule has 0 radical (unpaired) electrons. The van der Waals surface area contributed by atoms with E-state index in [4.69, 9.17) is 9.47 Å². The van der Waals surface area contributed by atoms with Gasteiger partial charge in [-0.05, 0) is 18.4 Å². The minimum Gasteiger partial charge on any atom is -0.465 e. The summed E-state index contributed by atoms with van der Waals surface area (Å²) in [6.07, 6.45) is 0. The number of ether oxygens (including phenoxy) is 2. The van der Waals surface area contributed by atoms with E-state index in [1.165, 1.54) is 19.1 Å². The highest BCUT2D eigenvalue weighted by Crippen LogP contribution is 2.46. The molecule has 0 amide bonds. The van der Waals surface area contributed by atoms with Gasteiger partial charge in [-0.1, -0.05) is 6.07 Å². The van der Waals surface area contributed by atoms with Crippen molar-refractivity contribution in [2.24, 2.45) is 0 Å². The molecule has 7 heteroatoms. The number of hydrogen-bond acceptors (Lipinski definition) is 6. The monoisotopic (exact) mass is 337 g/mol. The summed E-state index contributed by atoms with van der Waals surface area (Å²) < 4.78 is 11.8. The first kappa shape index (κ1) is 15.2. The molecule has 0 fully saturated rings. The van der Waals surface area contributed by atoms with E-state index in [1.54, 1.807) is 23.1 Å². The van der Waals surface area contributed by atoms with E-state index in [-0.39, 0.29) is 5.37 Å². The van der Waals surface area contributed by atoms with E-state index in [9.17, 15) is 9.59 Å². The zero-order chi connectivity index (χ0) is 15.9. The highest BCUT2D eigenvalue weighted by atomic mass is 32.2. The third-order valence-electron chi connectivity index (χ3n) is 3.73. The Morgan fingerprint density at radius 1 is 1.23 bits per heavy atom. The number of thioether (sulfide) groups is 1. The van der Waals surface area contributed by atoms with Gasteiger partial charge in [0, 0.05) is 22.0 Å². The molecule has 3 heterocycles. The van der Waals surface area contributed by atoms with Crippen LogP contribution in [-0.4, -0.2) is 30.7 Å². The van der Waals surface area contributed by atoms with E-state index in [0.29, 0.717) is 16.9 Å². The van der Waals surface area contributed by atoms with E-state index < -0.39 is 11.9 Å². The van der Waals surface area contributed by atoms with Crippen molar-refractivity contribution >= 4 is 35.0 Å². The first-order chi connectivity index (χ1) is 10.6. The van der Waals surface area contributed by atoms with Gasteiger partial charge < -0.3 is 14.0 Å². The Labute approximate surface area is 136 Å². The quantitative estimate of drug-likeness (QED) is 0.805. The summed E-state index contributed by atoms with van der Waals surface area (Å²) in [5.74, 6) is -0.343. The van der Waals surface area contributed by atoms with Crippen LogP contribution in [0.5, 0.6) is 0 Å². The summed E-state index contributed by atoms with van der Waals surface area (Å²) in [5, 5.41) is 2.10. The van der Waals surface area contributed by atoms with Crippen molar-refractivity contribution in [2.75, 3.05) is 14.2 Å². The second-order valence-corrected chi connectivity index (χ2v) is 6.86. The van der Waals surface area contributed by atoms with Crippen LogP contribution in [0.25, 0.3) is 0 Å². The lowest BCUT2D eigenvalue weighted by Gasteiger charge is -2.13. The Bertz CT molecular complexity index is 733. The fraction of sp³-hybridized carbons (Fsp3) is 0.333. The van der Waals surface area contributed by atoms with Gasteiger partial charge in [0.15, 0.2) is 0 Å². The maximum Gasteiger partial charge on any atom is 0.340 e. The number of hydrogen-bond donors (Lipinski definition) is 0. The summed E-state index contributed by atoms with van der Waals surface area (Å²) >= 11 is 3.40. The highest BCUT2D eigenvalue weighted by Gasteiger charge is 2.37. The Morgan fingerprint density at radius 3 is 2.50 bits per heavy atom. The largest absolute Gasteiger partial charge is 0.465 e. The first-order valence-corrected chi connectivity index (χ1v) is 8.58. The van der Waals surface area contributed by atoms with Crippen LogP contribution in [0.2, 0.25) is 0 Å². The van der Waals surface area contributed by atoms with Gasteiger partial charge in [0.05, 0.1) is 25.3 Å². The molecule has 1 aliphatic rings. The van der Waals surface area contributed by atoms with Crippen molar-refractivity contribution in [1.29, 1.82) is 0 Å². The van der Waals surface area contributed by atoms with Gasteiger partial charge in [-0.25, -0.2) is 9.59 Å². The van der Waals surface area contributed by atoms with Crippen molar-refractivity contribution in [3.8, 4) is 0 Å². The number of rotatable bonds is 3. The van der Waals surface area contributed by atoms with Crippen molar-refractivity contribution in [2.45, 2.75) is 18.1 Å². The highest BCUT2D eigenvalue weighted by molar-refractivity contribution is 7.99. The molecule has 2 aromatic rings. The fourth-order valence-electron chi connectivity index (χ4n) is 2.77. The number of esters is 2. The Kier molecular flexibility index (Phi) is 4.01. The molecule has 0 saturated heterocycles. The minimum absolute atomic E-state index is 0.0804. The van der Waals surface area contributed by atoms with Gasteiger partial charge in [-0.2, -0.15) is 0 Å². The number of carbonyl (C=O) groups is 2. The summed E-state index contributed by atoms with van der Waals surface area (Å²) in [6.45, 7) is 1.84. The van der Waals surface area contributed by atoms with Crippen LogP contribution >= 0.6 is 23.1 Å². The van der Waals surface area contributed by atoms with Crippen LogP contribution in [-0.2, 0) is 15.2 Å². The number of fused-ring (bicyclic) bond motifs is 1. The van der Waals surface area contributed by atoms with Crippen molar-refractivity contribution in [3.63, 3.8) is 0 Å². The van der Waals surface area contributed by atoms with Crippen molar-refractivity contribution in [3.05, 3.63) is 44.9 Å². The molecule has 0 N–H and O–H groups in total. The Balaban J connectivity index is 2.21. The lowest BCUT2D eigenvalue weighted by atomic mass is 10.1. The molecule has 1 aliphatic heterocycles. The van der Waals surface area contributed by atoms with Gasteiger partial charge in [0.1, 0.15) is 5.37 Å². The van der Waals surface area contributed by atoms with Crippen LogP contribution in [0, 0.1) is 6.92 Å². The number of nitrogens with zero attached hydrogens (tertiary/aromatic N) is 1. The molecule has 0 bridgehead atoms.